The van der Waals surface area contributed by atoms with Crippen LogP contribution in [0.4, 0.5) is 0 Å². The molecule has 0 bridgehead atoms. The topological polar surface area (TPSA) is 58.7 Å². The number of aliphatic hydroxyl groups is 1. The lowest BCUT2D eigenvalue weighted by molar-refractivity contribution is 0.143. The molecule has 2 unspecified atom stereocenters. The van der Waals surface area contributed by atoms with Crippen LogP contribution in [0.1, 0.15) is 32.1 Å². The highest BCUT2D eigenvalue weighted by atomic mass is 16.5. The smallest absolute Gasteiger partial charge is 0.0613 e. The van der Waals surface area contributed by atoms with Gasteiger partial charge in [0, 0.05) is 25.8 Å². The predicted molar refractivity (Wildman–Crippen MR) is 70.0 cm³/mol. The van der Waals surface area contributed by atoms with Gasteiger partial charge >= 0.3 is 0 Å². The van der Waals surface area contributed by atoms with Crippen LogP contribution in [0.5, 0.6) is 0 Å². The van der Waals surface area contributed by atoms with Crippen LogP contribution in [0.3, 0.4) is 0 Å². The molecule has 0 amide bonds. The van der Waals surface area contributed by atoms with E-state index in [4.69, 9.17) is 10.5 Å². The first kappa shape index (κ1) is 14.9. The second kappa shape index (κ2) is 7.31. The first-order valence-corrected chi connectivity index (χ1v) is 6.69. The van der Waals surface area contributed by atoms with Gasteiger partial charge in [-0.2, -0.15) is 0 Å². The van der Waals surface area contributed by atoms with Gasteiger partial charge in [-0.1, -0.05) is 6.42 Å². The summed E-state index contributed by atoms with van der Waals surface area (Å²) in [6.07, 6.45) is 5.48. The summed E-state index contributed by atoms with van der Waals surface area (Å²) in [7, 11) is 3.88. The number of ether oxygens (including phenoxy) is 1. The van der Waals surface area contributed by atoms with Crippen molar-refractivity contribution in [3.05, 3.63) is 0 Å². The second-order valence-corrected chi connectivity index (χ2v) is 5.42. The van der Waals surface area contributed by atoms with E-state index in [1.807, 2.05) is 0 Å². The number of hydrogen-bond donors (Lipinski definition) is 2. The van der Waals surface area contributed by atoms with Crippen molar-refractivity contribution < 1.29 is 9.84 Å². The number of rotatable bonds is 8. The van der Waals surface area contributed by atoms with Crippen molar-refractivity contribution in [2.45, 2.75) is 37.6 Å². The molecule has 0 aromatic carbocycles. The van der Waals surface area contributed by atoms with E-state index in [-0.39, 0.29) is 12.1 Å². The highest BCUT2D eigenvalue weighted by Gasteiger charge is 2.38. The van der Waals surface area contributed by atoms with Crippen LogP contribution in [0.15, 0.2) is 0 Å². The van der Waals surface area contributed by atoms with Crippen LogP contribution in [0, 0.1) is 5.92 Å². The summed E-state index contributed by atoms with van der Waals surface area (Å²) in [4.78, 5) is 2.33. The Bertz CT molecular complexity index is 214. The van der Waals surface area contributed by atoms with Gasteiger partial charge in [-0.15, -0.1) is 0 Å². The van der Waals surface area contributed by atoms with Crippen LogP contribution >= 0.6 is 0 Å². The van der Waals surface area contributed by atoms with Gasteiger partial charge in [0.05, 0.1) is 6.61 Å². The molecule has 1 aliphatic rings. The minimum atomic E-state index is -0.312. The summed E-state index contributed by atoms with van der Waals surface area (Å²) in [6, 6.07) is 0. The van der Waals surface area contributed by atoms with Gasteiger partial charge in [-0.3, -0.25) is 0 Å². The summed E-state index contributed by atoms with van der Waals surface area (Å²) in [5.74, 6) is 0.484. The maximum absolute atomic E-state index is 9.38. The monoisotopic (exact) mass is 244 g/mol. The van der Waals surface area contributed by atoms with E-state index in [0.29, 0.717) is 5.92 Å². The van der Waals surface area contributed by atoms with Crippen molar-refractivity contribution in [1.82, 2.24) is 4.90 Å². The van der Waals surface area contributed by atoms with Crippen LogP contribution in [-0.2, 0) is 4.74 Å². The lowest BCUT2D eigenvalue weighted by Gasteiger charge is -2.30. The molecule has 1 aliphatic carbocycles. The molecule has 4 nitrogen and oxygen atoms in total. The molecule has 0 aromatic heterocycles. The minimum Gasteiger partial charge on any atom is -0.394 e. The molecule has 3 N–H and O–H groups in total. The third-order valence-electron chi connectivity index (χ3n) is 4.05. The van der Waals surface area contributed by atoms with Crippen LogP contribution in [-0.4, -0.2) is 56.0 Å². The number of nitrogens with zero attached hydrogens (tertiary/aromatic N) is 1. The predicted octanol–water partition coefficient (Wildman–Crippen LogP) is 0.835. The van der Waals surface area contributed by atoms with E-state index in [0.717, 1.165) is 45.4 Å². The molecule has 0 aliphatic heterocycles. The molecule has 0 saturated heterocycles. The standard InChI is InChI=1S/C13H28N2O2/c1-15(8-4-10-17-2)9-6-12-5-3-7-13(12,14)11-16/h12,16H,3-11,14H2,1-2H3. The van der Waals surface area contributed by atoms with Gasteiger partial charge < -0.3 is 20.5 Å². The second-order valence-electron chi connectivity index (χ2n) is 5.42. The molecule has 17 heavy (non-hydrogen) atoms. The quantitative estimate of drug-likeness (QED) is 0.621. The lowest BCUT2D eigenvalue weighted by Crippen LogP contribution is -2.47. The largest absolute Gasteiger partial charge is 0.394 e. The molecule has 2 atom stereocenters. The van der Waals surface area contributed by atoms with E-state index in [2.05, 4.69) is 11.9 Å². The molecule has 0 radical (unpaired) electrons. The first-order valence-electron chi connectivity index (χ1n) is 6.69. The van der Waals surface area contributed by atoms with Gasteiger partial charge in [0.2, 0.25) is 0 Å². The lowest BCUT2D eigenvalue weighted by atomic mass is 9.86. The maximum Gasteiger partial charge on any atom is 0.0613 e. The van der Waals surface area contributed by atoms with E-state index in [1.165, 1.54) is 6.42 Å². The Morgan fingerprint density at radius 2 is 2.24 bits per heavy atom. The molecule has 0 spiro atoms. The average Bonchev–Trinajstić information content (AvgIpc) is 2.69. The van der Waals surface area contributed by atoms with Gasteiger partial charge in [0.1, 0.15) is 0 Å². The molecule has 0 heterocycles. The zero-order valence-corrected chi connectivity index (χ0v) is 11.3. The highest BCUT2D eigenvalue weighted by molar-refractivity contribution is 4.96. The molecular formula is C13H28N2O2. The summed E-state index contributed by atoms with van der Waals surface area (Å²) >= 11 is 0. The number of aliphatic hydroxyl groups excluding tert-OH is 1. The Morgan fingerprint density at radius 1 is 1.47 bits per heavy atom. The van der Waals surface area contributed by atoms with Gasteiger partial charge in [-0.05, 0) is 45.2 Å². The Labute approximate surface area is 105 Å². The molecule has 0 aromatic rings. The molecular weight excluding hydrogens is 216 g/mol. The summed E-state index contributed by atoms with van der Waals surface area (Å²) < 4.78 is 5.04. The zero-order valence-electron chi connectivity index (χ0n) is 11.3. The van der Waals surface area contributed by atoms with Crippen LogP contribution < -0.4 is 5.73 Å². The Morgan fingerprint density at radius 3 is 2.88 bits per heavy atom. The summed E-state index contributed by atoms with van der Waals surface area (Å²) in [5, 5.41) is 9.38. The van der Waals surface area contributed by atoms with Crippen molar-refractivity contribution in [2.24, 2.45) is 11.7 Å². The molecule has 102 valence electrons. The van der Waals surface area contributed by atoms with Gasteiger partial charge in [0.15, 0.2) is 0 Å². The van der Waals surface area contributed by atoms with Crippen molar-refractivity contribution in [1.29, 1.82) is 0 Å². The fraction of sp³-hybridized carbons (Fsp3) is 1.00. The first-order chi connectivity index (χ1) is 8.12. The van der Waals surface area contributed by atoms with E-state index in [1.54, 1.807) is 7.11 Å². The normalized spacial score (nSPS) is 29.1. The number of nitrogens with two attached hydrogens (primary N) is 1. The van der Waals surface area contributed by atoms with Crippen molar-refractivity contribution >= 4 is 0 Å². The minimum absolute atomic E-state index is 0.130. The van der Waals surface area contributed by atoms with E-state index >= 15 is 0 Å². The third kappa shape index (κ3) is 4.54. The Kier molecular flexibility index (Phi) is 6.41. The molecule has 1 rings (SSSR count). The third-order valence-corrected chi connectivity index (χ3v) is 4.05. The van der Waals surface area contributed by atoms with Crippen molar-refractivity contribution in [2.75, 3.05) is 40.5 Å². The van der Waals surface area contributed by atoms with Crippen LogP contribution in [0.25, 0.3) is 0 Å². The van der Waals surface area contributed by atoms with Crippen LogP contribution in [0.2, 0.25) is 0 Å². The SMILES string of the molecule is COCCCN(C)CCC1CCCC1(N)CO. The molecule has 1 fully saturated rings. The Balaban J connectivity index is 2.21. The van der Waals surface area contributed by atoms with Crippen molar-refractivity contribution in [3.8, 4) is 0 Å². The average molecular weight is 244 g/mol. The van der Waals surface area contributed by atoms with Gasteiger partial charge in [-0.25, -0.2) is 0 Å². The van der Waals surface area contributed by atoms with Gasteiger partial charge in [0.25, 0.3) is 0 Å². The maximum atomic E-state index is 9.38. The molecule has 4 heteroatoms. The van der Waals surface area contributed by atoms with Crippen molar-refractivity contribution in [3.63, 3.8) is 0 Å². The van der Waals surface area contributed by atoms with E-state index < -0.39 is 0 Å². The molecule has 1 saturated carbocycles. The fourth-order valence-corrected chi connectivity index (χ4v) is 2.78. The summed E-state index contributed by atoms with van der Waals surface area (Å²) in [6.45, 7) is 3.08. The fourth-order valence-electron chi connectivity index (χ4n) is 2.78. The number of hydrogen-bond acceptors (Lipinski definition) is 4. The highest BCUT2D eigenvalue weighted by Crippen LogP contribution is 2.35. The zero-order chi connectivity index (χ0) is 12.7. The Hall–Kier alpha value is -0.160. The van der Waals surface area contributed by atoms with E-state index in [9.17, 15) is 5.11 Å². The number of methoxy groups -OCH3 is 1. The summed E-state index contributed by atoms with van der Waals surface area (Å²) in [5.41, 5.74) is 5.91.